The summed E-state index contributed by atoms with van der Waals surface area (Å²) >= 11 is 15.1. The predicted octanol–water partition coefficient (Wildman–Crippen LogP) is 10.4. The Balaban J connectivity index is 1.02. The maximum atomic E-state index is 13.8. The van der Waals surface area contributed by atoms with Crippen molar-refractivity contribution in [2.24, 2.45) is 0 Å². The van der Waals surface area contributed by atoms with Crippen LogP contribution in [0, 0.1) is 0 Å². The maximum absolute atomic E-state index is 13.8. The number of nitrogens with zero attached hydrogens (tertiary/aromatic N) is 6. The van der Waals surface area contributed by atoms with Crippen molar-refractivity contribution in [3.63, 3.8) is 0 Å². The number of benzene rings is 4. The Kier molecular flexibility index (Phi) is 7.92. The van der Waals surface area contributed by atoms with E-state index >= 15 is 0 Å². The number of carbonyl (C=O) groups excluding carboxylic acids is 1. The molecule has 0 aliphatic heterocycles. The van der Waals surface area contributed by atoms with E-state index in [9.17, 15) is 4.79 Å². The normalized spacial score (nSPS) is 12.9. The molecule has 8 aromatic rings. The van der Waals surface area contributed by atoms with Gasteiger partial charge in [-0.15, -0.1) is 22.7 Å². The molecule has 0 aliphatic rings. The van der Waals surface area contributed by atoms with Gasteiger partial charge in [0.2, 0.25) is 0 Å². The van der Waals surface area contributed by atoms with Crippen LogP contribution in [0.5, 0.6) is 0 Å². The van der Waals surface area contributed by atoms with Crippen molar-refractivity contribution in [1.82, 2.24) is 29.1 Å². The molecule has 4 aromatic carbocycles. The van der Waals surface area contributed by atoms with Crippen LogP contribution in [0.1, 0.15) is 36.8 Å². The van der Waals surface area contributed by atoms with Gasteiger partial charge in [0.1, 0.15) is 37.1 Å². The van der Waals surface area contributed by atoms with Gasteiger partial charge in [0.15, 0.2) is 0 Å². The fourth-order valence-corrected chi connectivity index (χ4v) is 7.88. The smallest absolute Gasteiger partial charge is 0.147 e. The van der Waals surface area contributed by atoms with Crippen molar-refractivity contribution >= 4 is 73.7 Å². The lowest BCUT2D eigenvalue weighted by atomic mass is 9.85. The molecule has 236 valence electrons. The van der Waals surface area contributed by atoms with E-state index in [1.165, 1.54) is 22.7 Å². The van der Waals surface area contributed by atoms with Gasteiger partial charge >= 0.3 is 0 Å². The second-order valence-corrected chi connectivity index (χ2v) is 14.9. The first-order valence-corrected chi connectivity index (χ1v) is 17.6. The average Bonchev–Trinajstić information content (AvgIpc) is 3.93. The summed E-state index contributed by atoms with van der Waals surface area (Å²) in [5.41, 5.74) is 9.38. The topological polar surface area (TPSA) is 78.5 Å². The molecule has 0 radical (unpaired) electrons. The van der Waals surface area contributed by atoms with Crippen LogP contribution in [0.3, 0.4) is 0 Å². The molecule has 4 aromatic heterocycles. The fourth-order valence-electron chi connectivity index (χ4n) is 6.07. The maximum Gasteiger partial charge on any atom is 0.147 e. The lowest BCUT2D eigenvalue weighted by Crippen LogP contribution is -2.16. The minimum Gasteiger partial charge on any atom is -0.299 e. The van der Waals surface area contributed by atoms with E-state index in [0.29, 0.717) is 8.67 Å². The van der Waals surface area contributed by atoms with Gasteiger partial charge in [0.05, 0.1) is 34.5 Å². The number of hydrogen-bond donors (Lipinski definition) is 0. The van der Waals surface area contributed by atoms with Gasteiger partial charge in [-0.25, -0.2) is 19.9 Å². The minimum atomic E-state index is -0.317. The molecule has 0 saturated carbocycles. The Morgan fingerprint density at radius 3 is 1.50 bits per heavy atom. The molecule has 0 aliphatic carbocycles. The number of carbonyl (C=O) groups is 1. The van der Waals surface area contributed by atoms with Crippen molar-refractivity contribution in [2.45, 2.75) is 25.7 Å². The Hall–Kier alpha value is -4.67. The summed E-state index contributed by atoms with van der Waals surface area (Å²) in [4.78, 5) is 32.0. The van der Waals surface area contributed by atoms with Crippen molar-refractivity contribution in [1.29, 1.82) is 0 Å². The molecular formula is C37H26Cl2N6OS2. The molecule has 8 rings (SSSR count). The SMILES string of the molecule is CC(C(=O)C(C)c1ccc2c(c1)ncn2-c1cccc(-c2ncc(Cl)s2)c1)c1ccc2c(c1)ncn2-c1cccc(-c2ncc(Cl)s2)c1. The van der Waals surface area contributed by atoms with Gasteiger partial charge in [-0.2, -0.15) is 0 Å². The van der Waals surface area contributed by atoms with E-state index in [1.54, 1.807) is 12.4 Å². The molecule has 7 nitrogen and oxygen atoms in total. The van der Waals surface area contributed by atoms with Crippen LogP contribution in [0.15, 0.2) is 110 Å². The molecular weight excluding hydrogens is 679 g/mol. The third kappa shape index (κ3) is 5.62. The van der Waals surface area contributed by atoms with Crippen molar-refractivity contribution in [3.8, 4) is 32.5 Å². The van der Waals surface area contributed by atoms with Crippen molar-refractivity contribution in [3.05, 3.63) is 130 Å². The number of imidazole rings is 2. The van der Waals surface area contributed by atoms with Gasteiger partial charge in [0, 0.05) is 34.3 Å². The quantitative estimate of drug-likeness (QED) is 0.157. The summed E-state index contributed by atoms with van der Waals surface area (Å²) in [6, 6.07) is 28.4. The van der Waals surface area contributed by atoms with Crippen LogP contribution in [-0.2, 0) is 4.79 Å². The Labute approximate surface area is 294 Å². The lowest BCUT2D eigenvalue weighted by molar-refractivity contribution is -0.121. The minimum absolute atomic E-state index is 0.136. The van der Waals surface area contributed by atoms with Gasteiger partial charge < -0.3 is 0 Å². The summed E-state index contributed by atoms with van der Waals surface area (Å²) in [6.07, 6.45) is 6.97. The summed E-state index contributed by atoms with van der Waals surface area (Å²) < 4.78 is 5.40. The Morgan fingerprint density at radius 1 is 0.625 bits per heavy atom. The monoisotopic (exact) mass is 704 g/mol. The van der Waals surface area contributed by atoms with Crippen LogP contribution in [0.4, 0.5) is 0 Å². The first-order chi connectivity index (χ1) is 23.3. The molecule has 2 atom stereocenters. The number of aromatic nitrogens is 6. The lowest BCUT2D eigenvalue weighted by Gasteiger charge is -2.17. The zero-order chi connectivity index (χ0) is 32.9. The Morgan fingerprint density at radius 2 is 1.08 bits per heavy atom. The van der Waals surface area contributed by atoms with E-state index in [2.05, 4.69) is 22.1 Å². The van der Waals surface area contributed by atoms with Crippen molar-refractivity contribution < 1.29 is 4.79 Å². The van der Waals surface area contributed by atoms with Gasteiger partial charge in [-0.05, 0) is 59.7 Å². The number of halogens is 2. The van der Waals surface area contributed by atoms with Gasteiger partial charge in [0.25, 0.3) is 0 Å². The number of Topliss-reactive ketones (excluding diaryl/α,β-unsaturated/α-hetero) is 1. The molecule has 0 bridgehead atoms. The predicted molar refractivity (Wildman–Crippen MR) is 196 cm³/mol. The molecule has 0 amide bonds. The standard InChI is InChI=1S/C37H26Cl2N6OS2/c1-21(23-9-11-31-29(15-23)42-19-44(31)27-7-3-5-25(13-27)36-40-17-33(38)47-36)35(46)22(2)24-10-12-32-30(16-24)43-20-45(32)28-8-4-6-26(14-28)37-41-18-34(39)48-37/h3-22H,1-2H3. The van der Waals surface area contributed by atoms with E-state index in [0.717, 1.165) is 65.7 Å². The highest BCUT2D eigenvalue weighted by Gasteiger charge is 2.24. The number of fused-ring (bicyclic) bond motifs is 2. The summed E-state index contributed by atoms with van der Waals surface area (Å²) in [5, 5.41) is 1.73. The first-order valence-electron chi connectivity index (χ1n) is 15.2. The van der Waals surface area contributed by atoms with Crippen LogP contribution < -0.4 is 0 Å². The van der Waals surface area contributed by atoms with Gasteiger partial charge in [-0.1, -0.05) is 73.4 Å². The van der Waals surface area contributed by atoms with Gasteiger partial charge in [-0.3, -0.25) is 13.9 Å². The van der Waals surface area contributed by atoms with Crippen LogP contribution in [0.25, 0.3) is 54.6 Å². The van der Waals surface area contributed by atoms with Crippen LogP contribution >= 0.6 is 45.9 Å². The van der Waals surface area contributed by atoms with E-state index in [1.807, 2.05) is 108 Å². The second kappa shape index (κ2) is 12.4. The highest BCUT2D eigenvalue weighted by Crippen LogP contribution is 2.34. The number of thiazole rings is 2. The average molecular weight is 706 g/mol. The molecule has 0 fully saturated rings. The van der Waals surface area contributed by atoms with E-state index in [4.69, 9.17) is 33.2 Å². The van der Waals surface area contributed by atoms with E-state index in [-0.39, 0.29) is 17.6 Å². The highest BCUT2D eigenvalue weighted by molar-refractivity contribution is 7.19. The summed E-state index contributed by atoms with van der Waals surface area (Å²) in [7, 11) is 0. The van der Waals surface area contributed by atoms with Crippen molar-refractivity contribution in [2.75, 3.05) is 0 Å². The van der Waals surface area contributed by atoms with Crippen LogP contribution in [-0.4, -0.2) is 34.9 Å². The molecule has 0 N–H and O–H groups in total. The molecule has 48 heavy (non-hydrogen) atoms. The number of hydrogen-bond acceptors (Lipinski definition) is 7. The second-order valence-electron chi connectivity index (χ2n) is 11.6. The zero-order valence-corrected chi connectivity index (χ0v) is 28.9. The number of rotatable bonds is 8. The molecule has 0 spiro atoms. The third-order valence-electron chi connectivity index (χ3n) is 8.69. The van der Waals surface area contributed by atoms with Crippen LogP contribution in [0.2, 0.25) is 8.67 Å². The van der Waals surface area contributed by atoms with E-state index < -0.39 is 0 Å². The summed E-state index contributed by atoms with van der Waals surface area (Å²) in [5.74, 6) is -0.497. The highest BCUT2D eigenvalue weighted by atomic mass is 35.5. The largest absolute Gasteiger partial charge is 0.299 e. The summed E-state index contributed by atoms with van der Waals surface area (Å²) in [6.45, 7) is 3.94. The molecule has 4 heterocycles. The molecule has 2 unspecified atom stereocenters. The Bertz CT molecular complexity index is 2310. The number of ketones is 1. The molecule has 0 saturated heterocycles. The fraction of sp³-hybridized carbons (Fsp3) is 0.108. The third-order valence-corrected chi connectivity index (χ3v) is 11.0. The zero-order valence-electron chi connectivity index (χ0n) is 25.7. The first kappa shape index (κ1) is 30.7. The molecule has 11 heteroatoms.